The van der Waals surface area contributed by atoms with Crippen LogP contribution in [0.4, 0.5) is 17.6 Å². The molecule has 1 N–H and O–H groups in total. The van der Waals surface area contributed by atoms with Crippen LogP contribution in [0.2, 0.25) is 0 Å². The molecule has 2 rings (SSSR count). The van der Waals surface area contributed by atoms with Crippen LogP contribution in [0.5, 0.6) is 5.75 Å². The number of guanidine groups is 1. The maximum Gasteiger partial charge on any atom is 0.434 e. The molecule has 0 unspecified atom stereocenters. The molecule has 0 amide bonds. The van der Waals surface area contributed by atoms with Crippen LogP contribution in [0.15, 0.2) is 34.6 Å². The third-order valence-electron chi connectivity index (χ3n) is 3.42. The number of ether oxygens (including phenoxy) is 1. The van der Waals surface area contributed by atoms with E-state index in [1.807, 2.05) is 6.92 Å². The van der Waals surface area contributed by atoms with Crippen LogP contribution in [0.25, 0.3) is 0 Å². The predicted octanol–water partition coefficient (Wildman–Crippen LogP) is 4.40. The Morgan fingerprint density at radius 2 is 2.04 bits per heavy atom. The van der Waals surface area contributed by atoms with Crippen LogP contribution < -0.4 is 10.1 Å². The van der Waals surface area contributed by atoms with Crippen LogP contribution in [-0.2, 0) is 12.7 Å². The van der Waals surface area contributed by atoms with Gasteiger partial charge in [-0.2, -0.15) is 13.2 Å². The number of aliphatic imine (C=N–C) groups is 1. The van der Waals surface area contributed by atoms with Gasteiger partial charge in [-0.1, -0.05) is 12.1 Å². The molecule has 0 fully saturated rings. The molecule has 156 valence electrons. The lowest BCUT2D eigenvalue weighted by Gasteiger charge is -2.22. The Bertz CT molecular complexity index is 770. The Labute approximate surface area is 181 Å². The highest BCUT2D eigenvalue weighted by molar-refractivity contribution is 14.0. The van der Waals surface area contributed by atoms with E-state index in [9.17, 15) is 17.6 Å². The van der Waals surface area contributed by atoms with Crippen molar-refractivity contribution in [2.24, 2.45) is 4.99 Å². The first-order valence-electron chi connectivity index (χ1n) is 8.19. The zero-order valence-corrected chi connectivity index (χ0v) is 18.4. The molecule has 5 nitrogen and oxygen atoms in total. The van der Waals surface area contributed by atoms with Gasteiger partial charge in [0, 0.05) is 19.0 Å². The third-order valence-corrected chi connectivity index (χ3v) is 4.26. The molecule has 0 radical (unpaired) electrons. The summed E-state index contributed by atoms with van der Waals surface area (Å²) >= 11 is 0.914. The van der Waals surface area contributed by atoms with E-state index in [0.717, 1.165) is 16.7 Å². The van der Waals surface area contributed by atoms with Gasteiger partial charge in [0.1, 0.15) is 11.6 Å². The van der Waals surface area contributed by atoms with Crippen LogP contribution in [-0.4, -0.2) is 42.6 Å². The zero-order valence-electron chi connectivity index (χ0n) is 15.3. The number of hydrogen-bond acceptors (Lipinski definition) is 4. The van der Waals surface area contributed by atoms with Crippen molar-refractivity contribution in [3.8, 4) is 5.75 Å². The molecule has 2 aromatic rings. The Morgan fingerprint density at radius 1 is 1.32 bits per heavy atom. The van der Waals surface area contributed by atoms with Gasteiger partial charge < -0.3 is 15.0 Å². The molecule has 0 saturated heterocycles. The van der Waals surface area contributed by atoms with Gasteiger partial charge in [-0.05, 0) is 19.1 Å². The fraction of sp³-hybridized carbons (Fsp3) is 0.412. The van der Waals surface area contributed by atoms with Gasteiger partial charge in [0.05, 0.1) is 13.1 Å². The Balaban J connectivity index is 0.00000392. The van der Waals surface area contributed by atoms with Crippen LogP contribution in [0.3, 0.4) is 0 Å². The van der Waals surface area contributed by atoms with Gasteiger partial charge in [-0.3, -0.25) is 0 Å². The fourth-order valence-corrected chi connectivity index (χ4v) is 2.81. The monoisotopic (exact) mass is 532 g/mol. The molecular weight excluding hydrogens is 511 g/mol. The van der Waals surface area contributed by atoms with Crippen LogP contribution >= 0.6 is 35.3 Å². The fourth-order valence-electron chi connectivity index (χ4n) is 2.09. The minimum Gasteiger partial charge on any atom is -0.489 e. The first kappa shape index (κ1) is 24.4. The standard InChI is InChI=1S/C17H20F4N4OS.HI/c1-3-22-16(23-10-15-24-14(11-27-15)17(19,20)21)25(2)8-9-26-13-7-5-4-6-12(13)18;/h4-7,11H,3,8-10H2,1-2H3,(H,22,23);1H. The van der Waals surface area contributed by atoms with E-state index < -0.39 is 17.7 Å². The van der Waals surface area contributed by atoms with Crippen LogP contribution in [0, 0.1) is 5.82 Å². The predicted molar refractivity (Wildman–Crippen MR) is 112 cm³/mol. The van der Waals surface area contributed by atoms with Crippen LogP contribution in [0.1, 0.15) is 17.6 Å². The highest BCUT2D eigenvalue weighted by Gasteiger charge is 2.33. The highest BCUT2D eigenvalue weighted by Crippen LogP contribution is 2.30. The lowest BCUT2D eigenvalue weighted by Crippen LogP contribution is -2.40. The van der Waals surface area contributed by atoms with Crippen molar-refractivity contribution in [3.05, 3.63) is 46.2 Å². The van der Waals surface area contributed by atoms with Gasteiger partial charge in [0.25, 0.3) is 0 Å². The number of para-hydroxylation sites is 1. The first-order valence-corrected chi connectivity index (χ1v) is 9.07. The van der Waals surface area contributed by atoms with Crippen molar-refractivity contribution >= 4 is 41.3 Å². The molecule has 0 aliphatic carbocycles. The lowest BCUT2D eigenvalue weighted by atomic mass is 10.3. The molecule has 1 aromatic heterocycles. The van der Waals surface area contributed by atoms with E-state index >= 15 is 0 Å². The minimum atomic E-state index is -4.45. The summed E-state index contributed by atoms with van der Waals surface area (Å²) in [4.78, 5) is 9.62. The SMILES string of the molecule is CCNC(=NCc1nc(C(F)(F)F)cs1)N(C)CCOc1ccccc1F.I. The van der Waals surface area contributed by atoms with E-state index in [1.165, 1.54) is 12.1 Å². The van der Waals surface area contributed by atoms with Crippen molar-refractivity contribution in [1.82, 2.24) is 15.2 Å². The number of likely N-dealkylation sites (N-methyl/N-ethyl adjacent to an activating group) is 1. The second-order valence-corrected chi connectivity index (χ2v) is 6.44. The van der Waals surface area contributed by atoms with E-state index in [1.54, 1.807) is 24.1 Å². The molecule has 0 spiro atoms. The average molecular weight is 532 g/mol. The summed E-state index contributed by atoms with van der Waals surface area (Å²) in [5.74, 6) is 0.221. The smallest absolute Gasteiger partial charge is 0.434 e. The summed E-state index contributed by atoms with van der Waals surface area (Å²) in [6.45, 7) is 3.12. The molecule has 0 aliphatic heterocycles. The maximum absolute atomic E-state index is 13.5. The highest BCUT2D eigenvalue weighted by atomic mass is 127. The number of aromatic nitrogens is 1. The summed E-state index contributed by atoms with van der Waals surface area (Å²) in [7, 11) is 1.76. The van der Waals surface area contributed by atoms with E-state index in [-0.39, 0.29) is 47.9 Å². The van der Waals surface area contributed by atoms with Gasteiger partial charge >= 0.3 is 6.18 Å². The van der Waals surface area contributed by atoms with Gasteiger partial charge in [0.2, 0.25) is 0 Å². The van der Waals surface area contributed by atoms with Gasteiger partial charge in [0.15, 0.2) is 23.2 Å². The molecule has 1 heterocycles. The Hall–Kier alpha value is -1.63. The van der Waals surface area contributed by atoms with Crippen molar-refractivity contribution in [2.45, 2.75) is 19.6 Å². The Morgan fingerprint density at radius 3 is 2.64 bits per heavy atom. The summed E-state index contributed by atoms with van der Waals surface area (Å²) in [6, 6.07) is 6.10. The average Bonchev–Trinajstić information content (AvgIpc) is 3.09. The number of benzene rings is 1. The second-order valence-electron chi connectivity index (χ2n) is 5.49. The molecular formula is C17H21F4IN4OS. The number of thiazole rings is 1. The lowest BCUT2D eigenvalue weighted by molar-refractivity contribution is -0.140. The Kier molecular flexibility index (Phi) is 9.93. The van der Waals surface area contributed by atoms with Crippen molar-refractivity contribution in [3.63, 3.8) is 0 Å². The van der Waals surface area contributed by atoms with Gasteiger partial charge in [-0.25, -0.2) is 14.4 Å². The van der Waals surface area contributed by atoms with E-state index in [4.69, 9.17) is 4.74 Å². The molecule has 1 aromatic carbocycles. The quantitative estimate of drug-likeness (QED) is 0.249. The minimum absolute atomic E-state index is 0. The summed E-state index contributed by atoms with van der Waals surface area (Å²) in [6.07, 6.45) is -4.45. The second kappa shape index (κ2) is 11.4. The largest absolute Gasteiger partial charge is 0.489 e. The van der Waals surface area contributed by atoms with Gasteiger partial charge in [-0.15, -0.1) is 35.3 Å². The molecule has 0 bridgehead atoms. The topological polar surface area (TPSA) is 49.8 Å². The molecule has 28 heavy (non-hydrogen) atoms. The number of rotatable bonds is 7. The molecule has 0 atom stereocenters. The zero-order chi connectivity index (χ0) is 19.9. The molecule has 0 saturated carbocycles. The molecule has 0 aliphatic rings. The van der Waals surface area contributed by atoms with Crippen molar-refractivity contribution in [1.29, 1.82) is 0 Å². The number of halogens is 5. The third kappa shape index (κ3) is 7.41. The van der Waals surface area contributed by atoms with E-state index in [2.05, 4.69) is 15.3 Å². The van der Waals surface area contributed by atoms with Crippen molar-refractivity contribution in [2.75, 3.05) is 26.7 Å². The summed E-state index contributed by atoms with van der Waals surface area (Å²) in [5, 5.41) is 4.30. The van der Waals surface area contributed by atoms with Crippen molar-refractivity contribution < 1.29 is 22.3 Å². The number of nitrogens with zero attached hydrogens (tertiary/aromatic N) is 3. The number of hydrogen-bond donors (Lipinski definition) is 1. The summed E-state index contributed by atoms with van der Waals surface area (Å²) < 4.78 is 56.7. The number of alkyl halides is 3. The number of nitrogens with one attached hydrogen (secondary N) is 1. The summed E-state index contributed by atoms with van der Waals surface area (Å²) in [5.41, 5.74) is -0.908. The van der Waals surface area contributed by atoms with E-state index in [0.29, 0.717) is 19.0 Å². The molecule has 11 heteroatoms. The normalized spacial score (nSPS) is 11.7. The maximum atomic E-state index is 13.5. The first-order chi connectivity index (χ1) is 12.8.